The van der Waals surface area contributed by atoms with Crippen molar-refractivity contribution in [3.05, 3.63) is 52.3 Å². The van der Waals surface area contributed by atoms with E-state index >= 15 is 0 Å². The first-order valence-electron chi connectivity index (χ1n) is 10.6. The highest BCUT2D eigenvalue weighted by Crippen LogP contribution is 2.23. The van der Waals surface area contributed by atoms with Gasteiger partial charge < -0.3 is 24.1 Å². The molecule has 0 saturated carbocycles. The minimum absolute atomic E-state index is 0.234. The second kappa shape index (κ2) is 11.5. The van der Waals surface area contributed by atoms with Crippen molar-refractivity contribution in [2.45, 2.75) is 40.2 Å². The smallest absolute Gasteiger partial charge is 0.355 e. The van der Waals surface area contributed by atoms with Gasteiger partial charge in [-0.3, -0.25) is 9.59 Å². The Balaban J connectivity index is 2.38. The first-order valence-corrected chi connectivity index (χ1v) is 10.6. The number of methoxy groups -OCH3 is 2. The number of aromatic nitrogens is 1. The van der Waals surface area contributed by atoms with Gasteiger partial charge in [-0.05, 0) is 57.9 Å². The summed E-state index contributed by atoms with van der Waals surface area (Å²) >= 11 is 0. The van der Waals surface area contributed by atoms with Crippen LogP contribution in [0.5, 0.6) is 5.75 Å². The molecular weight excluding hydrogens is 412 g/mol. The van der Waals surface area contributed by atoms with Gasteiger partial charge in [-0.2, -0.15) is 0 Å². The topological polar surface area (TPSA) is 97.9 Å². The van der Waals surface area contributed by atoms with E-state index in [0.29, 0.717) is 47.7 Å². The summed E-state index contributed by atoms with van der Waals surface area (Å²) in [5, 5.41) is 0. The molecule has 2 aromatic rings. The fourth-order valence-corrected chi connectivity index (χ4v) is 3.65. The van der Waals surface area contributed by atoms with Crippen molar-refractivity contribution in [2.24, 2.45) is 0 Å². The maximum Gasteiger partial charge on any atom is 0.355 e. The van der Waals surface area contributed by atoms with Crippen LogP contribution in [0, 0.1) is 13.8 Å². The molecule has 0 bridgehead atoms. The van der Waals surface area contributed by atoms with E-state index in [9.17, 15) is 14.4 Å². The van der Waals surface area contributed by atoms with Crippen LogP contribution >= 0.6 is 0 Å². The summed E-state index contributed by atoms with van der Waals surface area (Å²) in [6.45, 7) is 7.88. The highest BCUT2D eigenvalue weighted by molar-refractivity contribution is 6.07. The Morgan fingerprint density at radius 2 is 1.88 bits per heavy atom. The van der Waals surface area contributed by atoms with Gasteiger partial charge in [-0.1, -0.05) is 6.07 Å². The number of hydrogen-bond acceptors (Lipinski definition) is 6. The van der Waals surface area contributed by atoms with Gasteiger partial charge in [0.1, 0.15) is 11.4 Å². The van der Waals surface area contributed by atoms with Gasteiger partial charge in [0, 0.05) is 37.1 Å². The number of H-pyrrole nitrogens is 1. The Bertz CT molecular complexity index is 965. The molecule has 0 aliphatic rings. The molecule has 8 heteroatoms. The van der Waals surface area contributed by atoms with Crippen molar-refractivity contribution < 1.29 is 28.6 Å². The molecule has 0 spiro atoms. The molecule has 0 aliphatic carbocycles. The number of aryl methyl sites for hydroxylation is 1. The van der Waals surface area contributed by atoms with Crippen LogP contribution in [-0.4, -0.2) is 67.6 Å². The minimum Gasteiger partial charge on any atom is -0.497 e. The number of rotatable bonds is 11. The molecule has 32 heavy (non-hydrogen) atoms. The van der Waals surface area contributed by atoms with E-state index in [4.69, 9.17) is 14.2 Å². The lowest BCUT2D eigenvalue weighted by Gasteiger charge is -2.29. The highest BCUT2D eigenvalue weighted by atomic mass is 16.5. The normalized spacial score (nSPS) is 11.7. The number of esters is 1. The number of aromatic amines is 1. The Labute approximate surface area is 188 Å². The van der Waals surface area contributed by atoms with E-state index < -0.39 is 12.0 Å². The van der Waals surface area contributed by atoms with E-state index in [1.807, 2.05) is 0 Å². The van der Waals surface area contributed by atoms with E-state index in [1.165, 1.54) is 12.0 Å². The molecule has 2 rings (SSSR count). The lowest BCUT2D eigenvalue weighted by Crippen LogP contribution is -2.44. The van der Waals surface area contributed by atoms with Crippen molar-refractivity contribution in [2.75, 3.05) is 34.0 Å². The zero-order valence-electron chi connectivity index (χ0n) is 19.6. The molecule has 1 amide bonds. The van der Waals surface area contributed by atoms with Crippen LogP contribution in [0.1, 0.15) is 62.7 Å². The van der Waals surface area contributed by atoms with Gasteiger partial charge in [0.2, 0.25) is 0 Å². The summed E-state index contributed by atoms with van der Waals surface area (Å²) in [6.07, 6.45) is 0.572. The van der Waals surface area contributed by atoms with E-state index in [1.54, 1.807) is 59.1 Å². The van der Waals surface area contributed by atoms with Crippen LogP contribution in [0.4, 0.5) is 0 Å². The quantitative estimate of drug-likeness (QED) is 0.323. The molecule has 1 heterocycles. The summed E-state index contributed by atoms with van der Waals surface area (Å²) in [5.41, 5.74) is 2.16. The van der Waals surface area contributed by atoms with Crippen molar-refractivity contribution in [3.8, 4) is 5.75 Å². The molecule has 0 aliphatic heterocycles. The number of benzene rings is 1. The number of carbonyl (C=O) groups is 3. The fraction of sp³-hybridized carbons (Fsp3) is 0.458. The number of nitrogens with one attached hydrogen (secondary N) is 1. The SMILES string of the molecule is CCOC(=O)c1[nH]c(C)c(C(=O)C(C)N(CCCOC)C(=O)c2cccc(OC)c2)c1C. The number of ketones is 1. The predicted molar refractivity (Wildman–Crippen MR) is 121 cm³/mol. The number of ether oxygens (including phenoxy) is 3. The molecule has 174 valence electrons. The lowest BCUT2D eigenvalue weighted by molar-refractivity contribution is 0.0518. The van der Waals surface area contributed by atoms with E-state index in [2.05, 4.69) is 4.98 Å². The van der Waals surface area contributed by atoms with Gasteiger partial charge in [-0.25, -0.2) is 4.79 Å². The molecule has 0 radical (unpaired) electrons. The van der Waals surface area contributed by atoms with Crippen molar-refractivity contribution >= 4 is 17.7 Å². The zero-order chi connectivity index (χ0) is 23.8. The summed E-state index contributed by atoms with van der Waals surface area (Å²) in [6, 6.07) is 6.07. The number of amides is 1. The number of carbonyl (C=O) groups excluding carboxylic acids is 3. The average Bonchev–Trinajstić information content (AvgIpc) is 3.09. The van der Waals surface area contributed by atoms with Gasteiger partial charge in [0.15, 0.2) is 5.78 Å². The molecule has 1 aromatic carbocycles. The third-order valence-electron chi connectivity index (χ3n) is 5.34. The Kier molecular flexibility index (Phi) is 9.02. The van der Waals surface area contributed by atoms with Crippen LogP contribution in [-0.2, 0) is 9.47 Å². The summed E-state index contributed by atoms with van der Waals surface area (Å²) in [7, 11) is 3.12. The molecule has 1 unspecified atom stereocenters. The van der Waals surface area contributed by atoms with Crippen molar-refractivity contribution in [1.29, 1.82) is 0 Å². The average molecular weight is 445 g/mol. The van der Waals surface area contributed by atoms with Crippen molar-refractivity contribution in [1.82, 2.24) is 9.88 Å². The van der Waals surface area contributed by atoms with Crippen LogP contribution in [0.15, 0.2) is 24.3 Å². The highest BCUT2D eigenvalue weighted by Gasteiger charge is 2.31. The number of nitrogens with zero attached hydrogens (tertiary/aromatic N) is 1. The van der Waals surface area contributed by atoms with Gasteiger partial charge in [0.05, 0.1) is 19.8 Å². The number of hydrogen-bond donors (Lipinski definition) is 1. The largest absolute Gasteiger partial charge is 0.497 e. The summed E-state index contributed by atoms with van der Waals surface area (Å²) < 4.78 is 15.4. The molecular formula is C24H32N2O6. The monoisotopic (exact) mass is 444 g/mol. The van der Waals surface area contributed by atoms with Crippen LogP contribution in [0.2, 0.25) is 0 Å². The lowest BCUT2D eigenvalue weighted by atomic mass is 9.99. The molecule has 1 atom stereocenters. The third-order valence-corrected chi connectivity index (χ3v) is 5.34. The maximum atomic E-state index is 13.5. The van der Waals surface area contributed by atoms with Crippen molar-refractivity contribution in [3.63, 3.8) is 0 Å². The molecule has 1 N–H and O–H groups in total. The number of Topliss-reactive ketones (excluding diaryl/α,β-unsaturated/α-hetero) is 1. The molecule has 0 saturated heterocycles. The van der Waals surface area contributed by atoms with E-state index in [0.717, 1.165) is 0 Å². The third kappa shape index (κ3) is 5.56. The molecule has 0 fully saturated rings. The van der Waals surface area contributed by atoms with E-state index in [-0.39, 0.29) is 24.0 Å². The first-order chi connectivity index (χ1) is 15.3. The second-order valence-corrected chi connectivity index (χ2v) is 7.46. The van der Waals surface area contributed by atoms with Gasteiger partial charge in [-0.15, -0.1) is 0 Å². The fourth-order valence-electron chi connectivity index (χ4n) is 3.65. The summed E-state index contributed by atoms with van der Waals surface area (Å²) in [4.78, 5) is 43.6. The van der Waals surface area contributed by atoms with Crippen LogP contribution < -0.4 is 4.74 Å². The predicted octanol–water partition coefficient (Wildman–Crippen LogP) is 3.57. The molecule has 8 nitrogen and oxygen atoms in total. The standard InChI is InChI=1S/C24H32N2O6/c1-7-32-24(29)21-15(2)20(16(3)25-21)22(27)17(4)26(12-9-13-30-5)23(28)18-10-8-11-19(14-18)31-6/h8,10-11,14,17,25H,7,9,12-13H2,1-6H3. The van der Waals surface area contributed by atoms with Gasteiger partial charge in [0.25, 0.3) is 5.91 Å². The molecule has 1 aromatic heterocycles. The minimum atomic E-state index is -0.756. The Hall–Kier alpha value is -3.13. The maximum absolute atomic E-state index is 13.5. The van der Waals surface area contributed by atoms with Crippen LogP contribution in [0.25, 0.3) is 0 Å². The Morgan fingerprint density at radius 1 is 1.16 bits per heavy atom. The summed E-state index contributed by atoms with van der Waals surface area (Å²) in [5.74, 6) is -0.481. The van der Waals surface area contributed by atoms with Crippen LogP contribution in [0.3, 0.4) is 0 Å². The zero-order valence-corrected chi connectivity index (χ0v) is 19.6. The van der Waals surface area contributed by atoms with Gasteiger partial charge >= 0.3 is 5.97 Å². The first kappa shape index (κ1) is 25.1. The Morgan fingerprint density at radius 3 is 2.50 bits per heavy atom. The second-order valence-electron chi connectivity index (χ2n) is 7.46.